The molecule has 104 valence electrons. The molecular formula is C11H16N4O2S2. The van der Waals surface area contributed by atoms with Crippen LogP contribution in [-0.4, -0.2) is 24.7 Å². The van der Waals surface area contributed by atoms with E-state index >= 15 is 0 Å². The average Bonchev–Trinajstić information content (AvgIpc) is 2.99. The van der Waals surface area contributed by atoms with Crippen molar-refractivity contribution in [3.63, 3.8) is 0 Å². The van der Waals surface area contributed by atoms with Crippen LogP contribution < -0.4 is 10.5 Å². The van der Waals surface area contributed by atoms with Crippen molar-refractivity contribution in [3.8, 4) is 0 Å². The smallest absolute Gasteiger partial charge is 0.244 e. The van der Waals surface area contributed by atoms with Crippen molar-refractivity contribution in [2.75, 3.05) is 6.54 Å². The molecule has 19 heavy (non-hydrogen) atoms. The van der Waals surface area contributed by atoms with Gasteiger partial charge in [0, 0.05) is 18.8 Å². The van der Waals surface area contributed by atoms with E-state index in [2.05, 4.69) is 9.82 Å². The first-order chi connectivity index (χ1) is 9.03. The van der Waals surface area contributed by atoms with Crippen LogP contribution in [0.25, 0.3) is 0 Å². The van der Waals surface area contributed by atoms with Crippen molar-refractivity contribution in [1.29, 1.82) is 0 Å². The van der Waals surface area contributed by atoms with Crippen LogP contribution in [0.4, 0.5) is 0 Å². The van der Waals surface area contributed by atoms with E-state index < -0.39 is 10.0 Å². The van der Waals surface area contributed by atoms with Gasteiger partial charge in [0.2, 0.25) is 10.0 Å². The van der Waals surface area contributed by atoms with Crippen LogP contribution in [0.5, 0.6) is 0 Å². The minimum absolute atomic E-state index is 0.156. The monoisotopic (exact) mass is 300 g/mol. The molecule has 2 heterocycles. The summed E-state index contributed by atoms with van der Waals surface area (Å²) in [5.41, 5.74) is 6.35. The van der Waals surface area contributed by atoms with E-state index in [1.165, 1.54) is 28.4 Å². The molecule has 1 atom stereocenters. The van der Waals surface area contributed by atoms with Crippen LogP contribution in [0.3, 0.4) is 0 Å². The first-order valence-corrected chi connectivity index (χ1v) is 8.22. The minimum Gasteiger partial charge on any atom is -0.329 e. The fourth-order valence-electron chi connectivity index (χ4n) is 1.63. The Kier molecular flexibility index (Phi) is 4.35. The molecule has 0 fully saturated rings. The van der Waals surface area contributed by atoms with Gasteiger partial charge in [0.1, 0.15) is 4.90 Å². The van der Waals surface area contributed by atoms with Gasteiger partial charge >= 0.3 is 0 Å². The predicted octanol–water partition coefficient (Wildman–Crippen LogP) is 0.943. The third-order valence-electron chi connectivity index (χ3n) is 2.65. The average molecular weight is 300 g/mol. The predicted molar refractivity (Wildman–Crippen MR) is 74.3 cm³/mol. The summed E-state index contributed by atoms with van der Waals surface area (Å²) in [4.78, 5) is 0.156. The second kappa shape index (κ2) is 5.83. The van der Waals surface area contributed by atoms with Gasteiger partial charge in [0.05, 0.1) is 12.7 Å². The van der Waals surface area contributed by atoms with Gasteiger partial charge in [-0.05, 0) is 29.3 Å². The second-order valence-electron chi connectivity index (χ2n) is 4.13. The Labute approximate surface area is 116 Å². The number of aromatic nitrogens is 2. The SMILES string of the molecule is CC(NS(=O)(=O)c1cnn(CCN)c1)c1ccsc1. The van der Waals surface area contributed by atoms with Crippen LogP contribution in [0, 0.1) is 0 Å². The van der Waals surface area contributed by atoms with Crippen molar-refractivity contribution >= 4 is 21.4 Å². The van der Waals surface area contributed by atoms with Crippen molar-refractivity contribution in [2.45, 2.75) is 24.4 Å². The molecule has 0 spiro atoms. The fourth-order valence-corrected chi connectivity index (χ4v) is 3.57. The standard InChI is InChI=1S/C11H16N4O2S2/c1-9(10-2-5-18-8-10)14-19(16,17)11-6-13-15(7-11)4-3-12/h2,5-9,14H,3-4,12H2,1H3. The normalized spacial score (nSPS) is 13.6. The maximum Gasteiger partial charge on any atom is 0.244 e. The number of thiophene rings is 1. The topological polar surface area (TPSA) is 90.0 Å². The highest BCUT2D eigenvalue weighted by molar-refractivity contribution is 7.89. The highest BCUT2D eigenvalue weighted by Crippen LogP contribution is 2.18. The van der Waals surface area contributed by atoms with Gasteiger partial charge in [-0.2, -0.15) is 16.4 Å². The third-order valence-corrected chi connectivity index (χ3v) is 4.85. The molecule has 0 aromatic carbocycles. The number of sulfonamides is 1. The molecule has 8 heteroatoms. The Hall–Kier alpha value is -1.22. The van der Waals surface area contributed by atoms with Crippen molar-refractivity contribution in [1.82, 2.24) is 14.5 Å². The van der Waals surface area contributed by atoms with Crippen LogP contribution in [-0.2, 0) is 16.6 Å². The first-order valence-electron chi connectivity index (χ1n) is 5.80. The van der Waals surface area contributed by atoms with E-state index in [1.807, 2.05) is 23.8 Å². The van der Waals surface area contributed by atoms with Gasteiger partial charge in [-0.3, -0.25) is 4.68 Å². The quantitative estimate of drug-likeness (QED) is 0.831. The van der Waals surface area contributed by atoms with E-state index in [-0.39, 0.29) is 10.9 Å². The molecular weight excluding hydrogens is 284 g/mol. The van der Waals surface area contributed by atoms with E-state index in [9.17, 15) is 8.42 Å². The molecule has 0 saturated heterocycles. The van der Waals surface area contributed by atoms with E-state index in [0.717, 1.165) is 5.56 Å². The summed E-state index contributed by atoms with van der Waals surface area (Å²) in [6.45, 7) is 2.72. The second-order valence-corrected chi connectivity index (χ2v) is 6.62. The molecule has 3 N–H and O–H groups in total. The highest BCUT2D eigenvalue weighted by Gasteiger charge is 2.20. The summed E-state index contributed by atoms with van der Waals surface area (Å²) >= 11 is 1.54. The summed E-state index contributed by atoms with van der Waals surface area (Å²) < 4.78 is 28.5. The molecule has 0 aliphatic carbocycles. The van der Waals surface area contributed by atoms with Crippen molar-refractivity contribution in [2.24, 2.45) is 5.73 Å². The Morgan fingerprint density at radius 3 is 3.00 bits per heavy atom. The molecule has 6 nitrogen and oxygen atoms in total. The molecule has 0 radical (unpaired) electrons. The van der Waals surface area contributed by atoms with Gasteiger partial charge in [-0.25, -0.2) is 13.1 Å². The van der Waals surface area contributed by atoms with E-state index in [1.54, 1.807) is 0 Å². The summed E-state index contributed by atoms with van der Waals surface area (Å²) in [5, 5.41) is 7.80. The van der Waals surface area contributed by atoms with Crippen molar-refractivity contribution in [3.05, 3.63) is 34.8 Å². The largest absolute Gasteiger partial charge is 0.329 e. The molecule has 0 aliphatic rings. The zero-order chi connectivity index (χ0) is 13.9. The molecule has 0 saturated carbocycles. The molecule has 2 rings (SSSR count). The zero-order valence-electron chi connectivity index (χ0n) is 10.5. The van der Waals surface area contributed by atoms with Gasteiger partial charge in [0.15, 0.2) is 0 Å². The number of nitrogens with zero attached hydrogens (tertiary/aromatic N) is 2. The fraction of sp³-hybridized carbons (Fsp3) is 0.364. The molecule has 0 amide bonds. The number of nitrogens with one attached hydrogen (secondary N) is 1. The number of hydrogen-bond acceptors (Lipinski definition) is 5. The summed E-state index contributed by atoms with van der Waals surface area (Å²) in [5.74, 6) is 0. The molecule has 2 aromatic rings. The lowest BCUT2D eigenvalue weighted by Gasteiger charge is -2.11. The Morgan fingerprint density at radius 2 is 2.37 bits per heavy atom. The van der Waals surface area contributed by atoms with Gasteiger partial charge in [-0.15, -0.1) is 0 Å². The van der Waals surface area contributed by atoms with Gasteiger partial charge < -0.3 is 5.73 Å². The van der Waals surface area contributed by atoms with Crippen LogP contribution in [0.15, 0.2) is 34.1 Å². The number of nitrogens with two attached hydrogens (primary N) is 1. The van der Waals surface area contributed by atoms with Crippen LogP contribution in [0.2, 0.25) is 0 Å². The number of hydrogen-bond donors (Lipinski definition) is 2. The summed E-state index contributed by atoms with van der Waals surface area (Å²) in [6.07, 6.45) is 2.81. The Balaban J connectivity index is 2.13. The van der Waals surface area contributed by atoms with Gasteiger partial charge in [-0.1, -0.05) is 0 Å². The molecule has 1 unspecified atom stereocenters. The van der Waals surface area contributed by atoms with E-state index in [4.69, 9.17) is 5.73 Å². The van der Waals surface area contributed by atoms with Crippen molar-refractivity contribution < 1.29 is 8.42 Å². The van der Waals surface area contributed by atoms with E-state index in [0.29, 0.717) is 13.1 Å². The Bertz CT molecular complexity index is 619. The summed E-state index contributed by atoms with van der Waals surface area (Å²) in [7, 11) is -3.55. The Morgan fingerprint density at radius 1 is 1.58 bits per heavy atom. The molecule has 2 aromatic heterocycles. The lowest BCUT2D eigenvalue weighted by molar-refractivity contribution is 0.566. The third kappa shape index (κ3) is 3.41. The van der Waals surface area contributed by atoms with Gasteiger partial charge in [0.25, 0.3) is 0 Å². The van der Waals surface area contributed by atoms with Crippen LogP contribution in [0.1, 0.15) is 18.5 Å². The number of rotatable bonds is 6. The first kappa shape index (κ1) is 14.2. The summed E-state index contributed by atoms with van der Waals surface area (Å²) in [6, 6.07) is 1.63. The molecule has 0 aliphatic heterocycles. The maximum atomic E-state index is 12.2. The minimum atomic E-state index is -3.55. The van der Waals surface area contributed by atoms with Crippen LogP contribution >= 0.6 is 11.3 Å². The maximum absolute atomic E-state index is 12.2. The molecule has 0 bridgehead atoms. The lowest BCUT2D eigenvalue weighted by Crippen LogP contribution is -2.26. The highest BCUT2D eigenvalue weighted by atomic mass is 32.2. The zero-order valence-corrected chi connectivity index (χ0v) is 12.1. The lowest BCUT2D eigenvalue weighted by atomic mass is 10.2.